The van der Waals surface area contributed by atoms with Gasteiger partial charge in [-0.2, -0.15) is 0 Å². The highest BCUT2D eigenvalue weighted by molar-refractivity contribution is 5.96. The van der Waals surface area contributed by atoms with Crippen molar-refractivity contribution in [1.82, 2.24) is 19.6 Å². The van der Waals surface area contributed by atoms with Gasteiger partial charge in [0.1, 0.15) is 18.0 Å². The third-order valence-electron chi connectivity index (χ3n) is 4.40. The Labute approximate surface area is 176 Å². The van der Waals surface area contributed by atoms with Gasteiger partial charge in [-0.25, -0.2) is 4.98 Å². The van der Waals surface area contributed by atoms with E-state index in [0.717, 1.165) is 11.3 Å². The van der Waals surface area contributed by atoms with Crippen LogP contribution in [0.25, 0.3) is 5.65 Å². The Kier molecular flexibility index (Phi) is 6.40. The predicted molar refractivity (Wildman–Crippen MR) is 115 cm³/mol. The summed E-state index contributed by atoms with van der Waals surface area (Å²) in [5.41, 5.74) is 1.79. The van der Waals surface area contributed by atoms with Crippen molar-refractivity contribution in [2.75, 3.05) is 13.1 Å². The van der Waals surface area contributed by atoms with Crippen molar-refractivity contribution in [3.8, 4) is 5.75 Å². The molecule has 0 saturated heterocycles. The Morgan fingerprint density at radius 1 is 1.17 bits per heavy atom. The number of likely N-dealkylation sites (N-methyl/N-ethyl adjacent to an activating group) is 1. The Hall–Kier alpha value is -3.35. The second-order valence-corrected chi connectivity index (χ2v) is 8.13. The van der Waals surface area contributed by atoms with Gasteiger partial charge in [0, 0.05) is 30.0 Å². The molecule has 7 nitrogen and oxygen atoms in total. The van der Waals surface area contributed by atoms with Crippen LogP contribution in [-0.2, 0) is 11.4 Å². The first kappa shape index (κ1) is 21.4. The molecule has 0 bridgehead atoms. The van der Waals surface area contributed by atoms with E-state index < -0.39 is 0 Å². The van der Waals surface area contributed by atoms with Crippen molar-refractivity contribution in [3.05, 3.63) is 66.1 Å². The molecule has 3 rings (SSSR count). The number of fused-ring (bicyclic) bond motifs is 1. The van der Waals surface area contributed by atoms with Gasteiger partial charge in [-0.15, -0.1) is 0 Å². The minimum Gasteiger partial charge on any atom is -0.487 e. The van der Waals surface area contributed by atoms with Crippen LogP contribution in [0, 0.1) is 0 Å². The molecule has 1 aromatic carbocycles. The molecule has 0 fully saturated rings. The number of benzene rings is 1. The van der Waals surface area contributed by atoms with Gasteiger partial charge in [0.25, 0.3) is 5.91 Å². The van der Waals surface area contributed by atoms with Gasteiger partial charge in [0.05, 0.1) is 12.2 Å². The number of hydrogen-bond acceptors (Lipinski definition) is 4. The summed E-state index contributed by atoms with van der Waals surface area (Å²) in [6, 6.07) is 12.8. The van der Waals surface area contributed by atoms with Crippen molar-refractivity contribution >= 4 is 17.5 Å². The molecule has 2 amide bonds. The average molecular weight is 409 g/mol. The molecule has 2 heterocycles. The normalized spacial score (nSPS) is 11.3. The first-order chi connectivity index (χ1) is 14.2. The lowest BCUT2D eigenvalue weighted by Gasteiger charge is -2.25. The van der Waals surface area contributed by atoms with Crippen molar-refractivity contribution in [3.63, 3.8) is 0 Å². The molecule has 158 valence electrons. The molecular formula is C23H28N4O3. The summed E-state index contributed by atoms with van der Waals surface area (Å²) < 4.78 is 7.78. The summed E-state index contributed by atoms with van der Waals surface area (Å²) in [4.78, 5) is 31.1. The van der Waals surface area contributed by atoms with Gasteiger partial charge >= 0.3 is 0 Å². The SMILES string of the molecule is CCN(CC(=O)NC(C)(C)C)C(=O)c1cccc(OCc2cn3ccccc3n2)c1. The largest absolute Gasteiger partial charge is 0.487 e. The number of nitrogens with one attached hydrogen (secondary N) is 1. The summed E-state index contributed by atoms with van der Waals surface area (Å²) >= 11 is 0. The van der Waals surface area contributed by atoms with Crippen molar-refractivity contribution in [2.24, 2.45) is 0 Å². The van der Waals surface area contributed by atoms with Gasteiger partial charge in [0.2, 0.25) is 5.91 Å². The van der Waals surface area contributed by atoms with E-state index in [0.29, 0.717) is 24.5 Å². The minimum atomic E-state index is -0.342. The van der Waals surface area contributed by atoms with E-state index in [2.05, 4.69) is 10.3 Å². The Morgan fingerprint density at radius 2 is 1.97 bits per heavy atom. The number of nitrogens with zero attached hydrogens (tertiary/aromatic N) is 3. The van der Waals surface area contributed by atoms with Crippen LogP contribution in [0.4, 0.5) is 0 Å². The molecule has 1 N–H and O–H groups in total. The summed E-state index contributed by atoms with van der Waals surface area (Å²) in [6.45, 7) is 8.32. The smallest absolute Gasteiger partial charge is 0.254 e. The van der Waals surface area contributed by atoms with Crippen molar-refractivity contribution in [2.45, 2.75) is 39.8 Å². The monoisotopic (exact) mass is 408 g/mol. The van der Waals surface area contributed by atoms with E-state index in [-0.39, 0.29) is 23.9 Å². The van der Waals surface area contributed by atoms with Gasteiger partial charge in [-0.3, -0.25) is 9.59 Å². The molecule has 0 radical (unpaired) electrons. The minimum absolute atomic E-state index is 0.0128. The lowest BCUT2D eigenvalue weighted by Crippen LogP contribution is -2.47. The van der Waals surface area contributed by atoms with Gasteiger partial charge in [-0.1, -0.05) is 12.1 Å². The topological polar surface area (TPSA) is 75.9 Å². The molecule has 0 unspecified atom stereocenters. The zero-order valence-corrected chi connectivity index (χ0v) is 17.9. The highest BCUT2D eigenvalue weighted by Gasteiger charge is 2.20. The molecule has 0 aliphatic carbocycles. The number of carbonyl (C=O) groups is 2. The highest BCUT2D eigenvalue weighted by Crippen LogP contribution is 2.17. The van der Waals surface area contributed by atoms with Crippen LogP contribution < -0.4 is 10.1 Å². The van der Waals surface area contributed by atoms with Gasteiger partial charge in [0.15, 0.2) is 0 Å². The van der Waals surface area contributed by atoms with Crippen LogP contribution >= 0.6 is 0 Å². The van der Waals surface area contributed by atoms with E-state index in [9.17, 15) is 9.59 Å². The zero-order chi connectivity index (χ0) is 21.7. The van der Waals surface area contributed by atoms with E-state index in [1.807, 2.05) is 62.7 Å². The second-order valence-electron chi connectivity index (χ2n) is 8.13. The van der Waals surface area contributed by atoms with Gasteiger partial charge in [-0.05, 0) is 58.0 Å². The van der Waals surface area contributed by atoms with Crippen molar-refractivity contribution < 1.29 is 14.3 Å². The fraction of sp³-hybridized carbons (Fsp3) is 0.348. The van der Waals surface area contributed by atoms with E-state index >= 15 is 0 Å². The van der Waals surface area contributed by atoms with Crippen LogP contribution in [0.15, 0.2) is 54.9 Å². The molecule has 0 atom stereocenters. The molecule has 7 heteroatoms. The number of hydrogen-bond donors (Lipinski definition) is 1. The van der Waals surface area contributed by atoms with Crippen LogP contribution in [-0.4, -0.2) is 44.7 Å². The summed E-state index contributed by atoms with van der Waals surface area (Å²) in [6.07, 6.45) is 3.84. The molecule has 30 heavy (non-hydrogen) atoms. The predicted octanol–water partition coefficient (Wildman–Crippen LogP) is 3.29. The molecule has 0 spiro atoms. The fourth-order valence-electron chi connectivity index (χ4n) is 3.07. The third kappa shape index (κ3) is 5.59. The zero-order valence-electron chi connectivity index (χ0n) is 17.9. The first-order valence-corrected chi connectivity index (χ1v) is 10.0. The molecule has 2 aromatic heterocycles. The van der Waals surface area contributed by atoms with Crippen LogP contribution in [0.5, 0.6) is 5.75 Å². The molecule has 0 aliphatic rings. The van der Waals surface area contributed by atoms with Crippen LogP contribution in [0.3, 0.4) is 0 Å². The number of imidazole rings is 1. The number of aromatic nitrogens is 2. The molecule has 3 aromatic rings. The number of ether oxygens (including phenoxy) is 1. The molecular weight excluding hydrogens is 380 g/mol. The maximum atomic E-state index is 12.9. The van der Waals surface area contributed by atoms with E-state index in [1.54, 1.807) is 24.3 Å². The van der Waals surface area contributed by atoms with Gasteiger partial charge < -0.3 is 19.4 Å². The molecule has 0 aliphatic heterocycles. The average Bonchev–Trinajstić information content (AvgIpc) is 3.12. The summed E-state index contributed by atoms with van der Waals surface area (Å²) in [7, 11) is 0. The van der Waals surface area contributed by atoms with Crippen LogP contribution in [0.2, 0.25) is 0 Å². The Balaban J connectivity index is 1.65. The number of pyridine rings is 1. The van der Waals surface area contributed by atoms with Crippen molar-refractivity contribution in [1.29, 1.82) is 0 Å². The third-order valence-corrected chi connectivity index (χ3v) is 4.40. The quantitative estimate of drug-likeness (QED) is 0.651. The summed E-state index contributed by atoms with van der Waals surface area (Å²) in [5, 5.41) is 2.88. The maximum absolute atomic E-state index is 12.9. The van der Waals surface area contributed by atoms with E-state index in [4.69, 9.17) is 4.74 Å². The Morgan fingerprint density at radius 3 is 2.67 bits per heavy atom. The lowest BCUT2D eigenvalue weighted by molar-refractivity contribution is -0.123. The molecule has 0 saturated carbocycles. The van der Waals surface area contributed by atoms with E-state index in [1.165, 1.54) is 4.90 Å². The lowest BCUT2D eigenvalue weighted by atomic mass is 10.1. The first-order valence-electron chi connectivity index (χ1n) is 10.0. The standard InChI is InChI=1S/C23H28N4O3/c1-5-26(15-21(28)25-23(2,3)4)22(29)17-9-8-10-19(13-17)30-16-18-14-27-12-7-6-11-20(27)24-18/h6-14H,5,15-16H2,1-4H3,(H,25,28). The highest BCUT2D eigenvalue weighted by atomic mass is 16.5. The Bertz CT molecular complexity index is 1000. The van der Waals surface area contributed by atoms with Crippen LogP contribution in [0.1, 0.15) is 43.7 Å². The second kappa shape index (κ2) is 8.98. The number of amides is 2. The number of rotatable bonds is 7. The fourth-order valence-corrected chi connectivity index (χ4v) is 3.07. The summed E-state index contributed by atoms with van der Waals surface area (Å²) in [5.74, 6) is 0.185. The number of carbonyl (C=O) groups excluding carboxylic acids is 2. The maximum Gasteiger partial charge on any atom is 0.254 e.